The molecule has 0 amide bonds. The monoisotopic (exact) mass is 350 g/mol. The maximum absolute atomic E-state index is 14.7. The van der Waals surface area contributed by atoms with Gasteiger partial charge in [-0.3, -0.25) is 0 Å². The summed E-state index contributed by atoms with van der Waals surface area (Å²) in [4.78, 5) is 0. The van der Waals surface area contributed by atoms with Crippen molar-refractivity contribution >= 4 is 0 Å². The summed E-state index contributed by atoms with van der Waals surface area (Å²) in [5, 5.41) is 21.5. The largest absolute Gasteiger partial charge is 0.507 e. The molecule has 2 N–H and O–H groups in total. The fourth-order valence-electron chi connectivity index (χ4n) is 3.64. The second-order valence-corrected chi connectivity index (χ2v) is 6.99. The zero-order valence-electron chi connectivity index (χ0n) is 15.5. The van der Waals surface area contributed by atoms with E-state index in [9.17, 15) is 14.6 Å². The average Bonchev–Trinajstić information content (AvgIpc) is 2.58. The Bertz CT molecular complexity index is 919. The Morgan fingerprint density at radius 1 is 0.692 bits per heavy atom. The summed E-state index contributed by atoms with van der Waals surface area (Å²) in [5.74, 6) is -0.715. The van der Waals surface area contributed by atoms with Crippen LogP contribution in [0.15, 0.2) is 48.5 Å². The molecule has 0 unspecified atom stereocenters. The van der Waals surface area contributed by atoms with Crippen molar-refractivity contribution in [2.75, 3.05) is 0 Å². The van der Waals surface area contributed by atoms with Crippen LogP contribution < -0.4 is 0 Å². The van der Waals surface area contributed by atoms with E-state index >= 15 is 0 Å². The first-order valence-corrected chi connectivity index (χ1v) is 8.64. The zero-order chi connectivity index (χ0) is 19.0. The number of benzene rings is 3. The van der Waals surface area contributed by atoms with E-state index in [0.717, 1.165) is 22.3 Å². The van der Waals surface area contributed by atoms with Crippen molar-refractivity contribution in [3.8, 4) is 11.5 Å². The topological polar surface area (TPSA) is 40.5 Å². The molecule has 0 saturated heterocycles. The predicted octanol–water partition coefficient (Wildman–Crippen LogP) is 5.65. The van der Waals surface area contributed by atoms with Crippen molar-refractivity contribution in [2.24, 2.45) is 0 Å². The van der Waals surface area contributed by atoms with Gasteiger partial charge < -0.3 is 10.2 Å². The molecule has 0 aliphatic heterocycles. The zero-order valence-corrected chi connectivity index (χ0v) is 15.5. The minimum absolute atomic E-state index is 0.127. The summed E-state index contributed by atoms with van der Waals surface area (Å²) < 4.78 is 14.7. The van der Waals surface area contributed by atoms with Crippen molar-refractivity contribution in [1.29, 1.82) is 0 Å². The molecule has 3 heteroatoms. The second-order valence-electron chi connectivity index (χ2n) is 6.99. The minimum Gasteiger partial charge on any atom is -0.507 e. The van der Waals surface area contributed by atoms with Crippen LogP contribution in [0, 0.1) is 33.5 Å². The summed E-state index contributed by atoms with van der Waals surface area (Å²) in [5.41, 5.74) is 5.00. The molecule has 134 valence electrons. The van der Waals surface area contributed by atoms with Gasteiger partial charge in [-0.1, -0.05) is 53.6 Å². The van der Waals surface area contributed by atoms with Crippen LogP contribution in [0.1, 0.15) is 44.9 Å². The summed E-state index contributed by atoms with van der Waals surface area (Å²) in [7, 11) is 0. The summed E-state index contributed by atoms with van der Waals surface area (Å²) >= 11 is 0. The van der Waals surface area contributed by atoms with Gasteiger partial charge in [0.05, 0.1) is 0 Å². The highest BCUT2D eigenvalue weighted by atomic mass is 19.1. The number of phenols is 2. The van der Waals surface area contributed by atoms with Gasteiger partial charge in [0.25, 0.3) is 0 Å². The number of hydrogen-bond acceptors (Lipinski definition) is 2. The van der Waals surface area contributed by atoms with Gasteiger partial charge in [0.15, 0.2) is 0 Å². The van der Waals surface area contributed by atoms with Gasteiger partial charge in [0.1, 0.15) is 17.3 Å². The lowest BCUT2D eigenvalue weighted by Crippen LogP contribution is -2.08. The number of phenolic OH excluding ortho intramolecular Hbond substituents is 2. The highest BCUT2D eigenvalue weighted by Crippen LogP contribution is 2.43. The van der Waals surface area contributed by atoms with E-state index in [1.54, 1.807) is 18.2 Å². The van der Waals surface area contributed by atoms with Gasteiger partial charge in [-0.05, 0) is 50.5 Å². The molecule has 0 bridgehead atoms. The Kier molecular flexibility index (Phi) is 4.73. The molecule has 0 spiro atoms. The molecule has 0 atom stereocenters. The Morgan fingerprint density at radius 2 is 1.15 bits per heavy atom. The van der Waals surface area contributed by atoms with Crippen LogP contribution in [0.4, 0.5) is 4.39 Å². The first-order chi connectivity index (χ1) is 12.3. The van der Waals surface area contributed by atoms with Crippen molar-refractivity contribution in [2.45, 2.75) is 33.6 Å². The van der Waals surface area contributed by atoms with Gasteiger partial charge >= 0.3 is 0 Å². The van der Waals surface area contributed by atoms with Gasteiger partial charge in [0.2, 0.25) is 0 Å². The summed E-state index contributed by atoms with van der Waals surface area (Å²) in [6.45, 7) is 7.53. The molecule has 0 aliphatic carbocycles. The Hall–Kier alpha value is -2.81. The van der Waals surface area contributed by atoms with Gasteiger partial charge in [0, 0.05) is 17.0 Å². The van der Waals surface area contributed by atoms with Crippen LogP contribution in [0.25, 0.3) is 0 Å². The number of halogens is 1. The number of hydrogen-bond donors (Lipinski definition) is 2. The summed E-state index contributed by atoms with van der Waals surface area (Å²) in [6, 6.07) is 14.0. The maximum Gasteiger partial charge on any atom is 0.127 e. The molecule has 3 rings (SSSR count). The lowest BCUT2D eigenvalue weighted by molar-refractivity contribution is 0.452. The van der Waals surface area contributed by atoms with Crippen LogP contribution in [0.5, 0.6) is 11.5 Å². The Balaban J connectivity index is 2.38. The standard InChI is InChI=1S/C23H23FO2/c1-13-9-15(3)22(25)18(11-13)21(17-7-5-6-8-20(17)24)19-12-14(2)10-16(4)23(19)26/h5-12,21,25-26H,1-4H3. The van der Waals surface area contributed by atoms with Gasteiger partial charge in [-0.15, -0.1) is 0 Å². The predicted molar refractivity (Wildman–Crippen MR) is 103 cm³/mol. The lowest BCUT2D eigenvalue weighted by atomic mass is 9.81. The molecule has 3 aromatic carbocycles. The maximum atomic E-state index is 14.7. The number of aryl methyl sites for hydroxylation is 4. The third-order valence-corrected chi connectivity index (χ3v) is 4.79. The van der Waals surface area contributed by atoms with Crippen LogP contribution in [0.3, 0.4) is 0 Å². The van der Waals surface area contributed by atoms with E-state index in [4.69, 9.17) is 0 Å². The molecule has 0 radical (unpaired) electrons. The quantitative estimate of drug-likeness (QED) is 0.599. The number of aromatic hydroxyl groups is 2. The molecular formula is C23H23FO2. The Labute approximate surface area is 153 Å². The van der Waals surface area contributed by atoms with Crippen molar-refractivity contribution in [3.63, 3.8) is 0 Å². The molecule has 0 fully saturated rings. The molecule has 0 aromatic heterocycles. The van der Waals surface area contributed by atoms with Crippen LogP contribution >= 0.6 is 0 Å². The third kappa shape index (κ3) is 3.17. The third-order valence-electron chi connectivity index (χ3n) is 4.79. The minimum atomic E-state index is -0.603. The van der Waals surface area contributed by atoms with Gasteiger partial charge in [-0.2, -0.15) is 0 Å². The SMILES string of the molecule is Cc1cc(C)c(O)c(C(c2ccccc2F)c2cc(C)cc(C)c2O)c1. The molecule has 26 heavy (non-hydrogen) atoms. The first kappa shape index (κ1) is 18.0. The van der Waals surface area contributed by atoms with E-state index in [1.165, 1.54) is 6.07 Å². The summed E-state index contributed by atoms with van der Waals surface area (Å²) in [6.07, 6.45) is 0. The van der Waals surface area contributed by atoms with Crippen LogP contribution in [0.2, 0.25) is 0 Å². The molecule has 3 aromatic rings. The van der Waals surface area contributed by atoms with Crippen LogP contribution in [-0.4, -0.2) is 10.2 Å². The molecule has 0 aliphatic rings. The molecule has 2 nitrogen and oxygen atoms in total. The second kappa shape index (κ2) is 6.83. The van der Waals surface area contributed by atoms with E-state index in [-0.39, 0.29) is 17.3 Å². The molecule has 0 saturated carbocycles. The lowest BCUT2D eigenvalue weighted by Gasteiger charge is -2.24. The van der Waals surface area contributed by atoms with E-state index in [2.05, 4.69) is 0 Å². The highest BCUT2D eigenvalue weighted by Gasteiger charge is 2.27. The Morgan fingerprint density at radius 3 is 1.62 bits per heavy atom. The average molecular weight is 350 g/mol. The van der Waals surface area contributed by atoms with Crippen molar-refractivity contribution < 1.29 is 14.6 Å². The fourth-order valence-corrected chi connectivity index (χ4v) is 3.64. The molecular weight excluding hydrogens is 327 g/mol. The van der Waals surface area contributed by atoms with Crippen molar-refractivity contribution in [1.82, 2.24) is 0 Å². The smallest absolute Gasteiger partial charge is 0.127 e. The highest BCUT2D eigenvalue weighted by molar-refractivity contribution is 5.57. The molecule has 0 heterocycles. The fraction of sp³-hybridized carbons (Fsp3) is 0.217. The van der Waals surface area contributed by atoms with E-state index in [1.807, 2.05) is 52.0 Å². The van der Waals surface area contributed by atoms with Crippen molar-refractivity contribution in [3.05, 3.63) is 93.3 Å². The van der Waals surface area contributed by atoms with E-state index < -0.39 is 5.92 Å². The first-order valence-electron chi connectivity index (χ1n) is 8.64. The number of rotatable bonds is 3. The van der Waals surface area contributed by atoms with Crippen LogP contribution in [-0.2, 0) is 0 Å². The normalized spacial score (nSPS) is 11.2. The van der Waals surface area contributed by atoms with Gasteiger partial charge in [-0.25, -0.2) is 4.39 Å². The van der Waals surface area contributed by atoms with E-state index in [0.29, 0.717) is 16.7 Å².